The lowest BCUT2D eigenvalue weighted by Gasteiger charge is -2.24. The number of nitrogens with zero attached hydrogens (tertiary/aromatic N) is 3. The molecule has 0 saturated carbocycles. The van der Waals surface area contributed by atoms with E-state index in [4.69, 9.17) is 30.0 Å². The average molecular weight is 781 g/mol. The smallest absolute Gasteiger partial charge is 0.429 e. The van der Waals surface area contributed by atoms with E-state index in [1.807, 2.05) is 13.8 Å². The number of nitro benzene ring substituents is 1. The predicted molar refractivity (Wildman–Crippen MR) is 207 cm³/mol. The van der Waals surface area contributed by atoms with Crippen molar-refractivity contribution in [2.45, 2.75) is 53.3 Å². The van der Waals surface area contributed by atoms with Gasteiger partial charge in [-0.25, -0.2) is 4.79 Å². The third-order valence-corrected chi connectivity index (χ3v) is 9.06. The summed E-state index contributed by atoms with van der Waals surface area (Å²) in [6.45, 7) is 9.53. The molecule has 0 aliphatic carbocycles. The number of amides is 3. The van der Waals surface area contributed by atoms with Crippen molar-refractivity contribution in [2.75, 3.05) is 24.7 Å². The zero-order valence-corrected chi connectivity index (χ0v) is 31.9. The summed E-state index contributed by atoms with van der Waals surface area (Å²) in [7, 11) is -1.23. The number of carbonyl (C=O) groups is 4. The van der Waals surface area contributed by atoms with Crippen molar-refractivity contribution in [1.82, 2.24) is 10.6 Å². The van der Waals surface area contributed by atoms with Gasteiger partial charge in [-0.3, -0.25) is 24.5 Å². The Kier molecular flexibility index (Phi) is 17.1. The van der Waals surface area contributed by atoms with Crippen molar-refractivity contribution in [3.05, 3.63) is 99.6 Å². The van der Waals surface area contributed by atoms with Gasteiger partial charge in [0, 0.05) is 28.9 Å². The lowest BCUT2D eigenvalue weighted by molar-refractivity contribution is -0.384. The molecule has 19 heteroatoms. The topological polar surface area (TPSA) is 261 Å². The van der Waals surface area contributed by atoms with E-state index < -0.39 is 49.3 Å². The van der Waals surface area contributed by atoms with Crippen molar-refractivity contribution in [1.29, 1.82) is 0 Å². The van der Waals surface area contributed by atoms with Crippen LogP contribution in [-0.4, -0.2) is 71.9 Å². The van der Waals surface area contributed by atoms with E-state index in [2.05, 4.69) is 26.2 Å². The Morgan fingerprint density at radius 1 is 0.818 bits per heavy atom. The number of carbonyl (C=O) groups excluding carboxylic acids is 4. The summed E-state index contributed by atoms with van der Waals surface area (Å²) in [5.41, 5.74) is 13.6. The second kappa shape index (κ2) is 21.7. The first-order valence-corrected chi connectivity index (χ1v) is 18.5. The number of non-ortho nitro benzene ring substituents is 1. The first-order chi connectivity index (χ1) is 26.2. The highest BCUT2D eigenvalue weighted by Crippen LogP contribution is 2.37. The maximum absolute atomic E-state index is 13.2. The van der Waals surface area contributed by atoms with Gasteiger partial charge in [-0.2, -0.15) is 0 Å². The number of hydrogen-bond donors (Lipinski definition) is 5. The lowest BCUT2D eigenvalue weighted by Crippen LogP contribution is -2.53. The van der Waals surface area contributed by atoms with E-state index in [9.17, 15) is 29.3 Å². The summed E-state index contributed by atoms with van der Waals surface area (Å²) in [6.07, 6.45) is -0.735. The van der Waals surface area contributed by atoms with Crippen LogP contribution in [0.4, 0.5) is 16.2 Å². The van der Waals surface area contributed by atoms with E-state index in [0.29, 0.717) is 30.0 Å². The number of rotatable bonds is 19. The van der Waals surface area contributed by atoms with Gasteiger partial charge in [0.1, 0.15) is 30.3 Å². The Bertz CT molecular complexity index is 1830. The highest BCUT2D eigenvalue weighted by atomic mass is 31.2. The van der Waals surface area contributed by atoms with Crippen LogP contribution in [0, 0.1) is 16.0 Å². The van der Waals surface area contributed by atoms with Crippen LogP contribution >= 0.6 is 8.38 Å². The molecular formula is C36H45N8O10P. The van der Waals surface area contributed by atoms with Gasteiger partial charge in [-0.05, 0) is 68.7 Å². The maximum atomic E-state index is 13.2. The Morgan fingerprint density at radius 2 is 1.42 bits per heavy atom. The normalized spacial score (nSPS) is 12.8. The largest absolute Gasteiger partial charge is 0.514 e. The SMILES string of the molecule is CCOP(C/C(N)=N/N=C(\N)c1ccc(C(=O)NC(C(=O)N[C@@H](C)C(=O)Nc2ccc(COC(=O)Oc3ccc([N+](=O)[O-])cc3)cc2)C(C)C)cc1)OCC. The monoisotopic (exact) mass is 780 g/mol. The van der Waals surface area contributed by atoms with Crippen molar-refractivity contribution >= 4 is 55.3 Å². The van der Waals surface area contributed by atoms with Gasteiger partial charge in [0.2, 0.25) is 11.8 Å². The fraction of sp³-hybridized carbons (Fsp3) is 0.333. The minimum absolute atomic E-state index is 0.0732. The van der Waals surface area contributed by atoms with E-state index in [1.54, 1.807) is 50.2 Å². The Hall–Kier alpha value is -5.97. The summed E-state index contributed by atoms with van der Waals surface area (Å²) in [5.74, 6) is -1.56. The number of benzene rings is 3. The highest BCUT2D eigenvalue weighted by Gasteiger charge is 2.27. The van der Waals surface area contributed by atoms with Gasteiger partial charge in [0.25, 0.3) is 11.6 Å². The molecule has 0 aromatic heterocycles. The molecule has 0 radical (unpaired) electrons. The molecule has 0 bridgehead atoms. The first-order valence-electron chi connectivity index (χ1n) is 17.1. The molecule has 3 rings (SSSR count). The molecule has 2 atom stereocenters. The molecule has 18 nitrogen and oxygen atoms in total. The Morgan fingerprint density at radius 3 is 1.98 bits per heavy atom. The third-order valence-electron chi connectivity index (χ3n) is 7.38. The van der Waals surface area contributed by atoms with Crippen molar-refractivity contribution in [3.8, 4) is 5.75 Å². The third kappa shape index (κ3) is 14.4. The maximum Gasteiger partial charge on any atom is 0.514 e. The van der Waals surface area contributed by atoms with Gasteiger partial charge in [-0.1, -0.05) is 38.1 Å². The first kappa shape index (κ1) is 43.4. The molecule has 3 aromatic carbocycles. The number of nitro groups is 1. The molecule has 0 fully saturated rings. The number of nitrogens with two attached hydrogens (primary N) is 2. The fourth-order valence-electron chi connectivity index (χ4n) is 4.52. The second-order valence-electron chi connectivity index (χ2n) is 12.0. The summed E-state index contributed by atoms with van der Waals surface area (Å²) in [5, 5.41) is 26.8. The van der Waals surface area contributed by atoms with Gasteiger partial charge in [0.05, 0.1) is 24.3 Å². The summed E-state index contributed by atoms with van der Waals surface area (Å²) >= 11 is 0. The van der Waals surface area contributed by atoms with Crippen LogP contribution in [0.25, 0.3) is 0 Å². The molecule has 0 aliphatic heterocycles. The van der Waals surface area contributed by atoms with Crippen molar-refractivity contribution < 1.29 is 42.6 Å². The van der Waals surface area contributed by atoms with Crippen molar-refractivity contribution in [2.24, 2.45) is 27.6 Å². The molecular weight excluding hydrogens is 735 g/mol. The molecule has 3 aromatic rings. The minimum atomic E-state index is -1.23. The molecule has 0 spiro atoms. The second-order valence-corrected chi connectivity index (χ2v) is 13.5. The van der Waals surface area contributed by atoms with Crippen LogP contribution in [0.1, 0.15) is 56.1 Å². The van der Waals surface area contributed by atoms with Gasteiger partial charge in [-0.15, -0.1) is 10.2 Å². The Labute approximate surface area is 319 Å². The molecule has 0 heterocycles. The zero-order valence-electron chi connectivity index (χ0n) is 31.0. The minimum Gasteiger partial charge on any atom is -0.429 e. The number of ether oxygens (including phenoxy) is 2. The summed E-state index contributed by atoms with van der Waals surface area (Å²) < 4.78 is 21.1. The van der Waals surface area contributed by atoms with E-state index in [-0.39, 0.29) is 47.4 Å². The number of anilines is 1. The van der Waals surface area contributed by atoms with Crippen LogP contribution < -0.4 is 32.2 Å². The molecule has 0 saturated heterocycles. The quantitative estimate of drug-likeness (QED) is 0.0213. The predicted octanol–water partition coefficient (Wildman–Crippen LogP) is 4.57. The Balaban J connectivity index is 1.50. The summed E-state index contributed by atoms with van der Waals surface area (Å²) in [4.78, 5) is 61.4. The van der Waals surface area contributed by atoms with Crippen molar-refractivity contribution in [3.63, 3.8) is 0 Å². The van der Waals surface area contributed by atoms with Crippen LogP contribution in [0.2, 0.25) is 0 Å². The van der Waals surface area contributed by atoms with Gasteiger partial charge >= 0.3 is 6.16 Å². The van der Waals surface area contributed by atoms with E-state index in [1.165, 1.54) is 43.3 Å². The lowest BCUT2D eigenvalue weighted by atomic mass is 10.0. The van der Waals surface area contributed by atoms with E-state index in [0.717, 1.165) is 0 Å². The number of hydrogen-bond acceptors (Lipinski definition) is 12. The molecule has 3 amide bonds. The summed E-state index contributed by atoms with van der Waals surface area (Å²) in [6, 6.07) is 15.6. The van der Waals surface area contributed by atoms with Crippen LogP contribution in [0.5, 0.6) is 5.75 Å². The molecule has 294 valence electrons. The standard InChI is InChI=1S/C36H45N8O10P/c1-6-52-55(53-7-2)21-30(37)42-43-32(38)25-10-12-26(13-11-25)34(46)41-31(22(3)4)35(47)39-23(5)33(45)40-27-14-8-24(9-15-27)20-51-36(48)54-29-18-16-28(17-19-29)44(49)50/h8-19,22-23,31H,6-7,20-21H2,1-5H3,(H2,37,42)(H2,38,43)(H,39,47)(H,40,45)(H,41,46)/t23-,31?/m0/s1. The fourth-order valence-corrected chi connectivity index (χ4v) is 5.68. The van der Waals surface area contributed by atoms with Gasteiger partial charge in [0.15, 0.2) is 14.2 Å². The molecule has 1 unspecified atom stereocenters. The van der Waals surface area contributed by atoms with Crippen LogP contribution in [0.15, 0.2) is 83.0 Å². The van der Waals surface area contributed by atoms with Crippen LogP contribution in [-0.2, 0) is 30.0 Å². The molecule has 7 N–H and O–H groups in total. The van der Waals surface area contributed by atoms with E-state index >= 15 is 0 Å². The molecule has 55 heavy (non-hydrogen) atoms. The number of nitrogens with one attached hydrogen (secondary N) is 3. The average Bonchev–Trinajstić information content (AvgIpc) is 3.15. The van der Waals surface area contributed by atoms with Gasteiger partial charge < -0.3 is 45.9 Å². The number of amidine groups is 2. The van der Waals surface area contributed by atoms with Crippen LogP contribution in [0.3, 0.4) is 0 Å². The molecule has 0 aliphatic rings. The zero-order chi connectivity index (χ0) is 40.5. The highest BCUT2D eigenvalue weighted by molar-refractivity contribution is 7.48.